The fourth-order valence-electron chi connectivity index (χ4n) is 1.57. The summed E-state index contributed by atoms with van der Waals surface area (Å²) in [5.41, 5.74) is 0. The van der Waals surface area contributed by atoms with Crippen LogP contribution in [-0.2, 0) is 4.74 Å². The van der Waals surface area contributed by atoms with Gasteiger partial charge >= 0.3 is 0 Å². The first-order valence-electron chi connectivity index (χ1n) is 6.34. The molecule has 0 aliphatic heterocycles. The van der Waals surface area contributed by atoms with Crippen molar-refractivity contribution in [1.29, 1.82) is 0 Å². The highest BCUT2D eigenvalue weighted by Crippen LogP contribution is 1.97. The molecule has 2 heteroatoms. The van der Waals surface area contributed by atoms with Gasteiger partial charge in [-0.15, -0.1) is 0 Å². The lowest BCUT2D eigenvalue weighted by Gasteiger charge is -2.20. The van der Waals surface area contributed by atoms with Crippen molar-refractivity contribution in [2.75, 3.05) is 26.2 Å². The quantitative estimate of drug-likeness (QED) is 0.407. The minimum atomic E-state index is 0.848. The van der Waals surface area contributed by atoms with E-state index in [1.165, 1.54) is 32.5 Å². The maximum atomic E-state index is 5.37. The molecule has 90 valence electrons. The molecule has 0 aliphatic rings. The molecule has 0 heterocycles. The molecule has 0 aromatic heterocycles. The number of allylic oxidation sites excluding steroid dienone is 1. The molecule has 0 rings (SSSR count). The Balaban J connectivity index is 3.39. The van der Waals surface area contributed by atoms with E-state index in [1.54, 1.807) is 0 Å². The standard InChI is InChI=1S/C13H27NO/c1-4-7-12-15-13-8-11-14(9-5-2)10-6-3/h7,12H,4-6,8-11,13H2,1-3H3. The zero-order valence-corrected chi connectivity index (χ0v) is 10.7. The van der Waals surface area contributed by atoms with Crippen LogP contribution in [-0.4, -0.2) is 31.1 Å². The highest BCUT2D eigenvalue weighted by atomic mass is 16.5. The van der Waals surface area contributed by atoms with Crippen molar-refractivity contribution in [3.8, 4) is 0 Å². The summed E-state index contributed by atoms with van der Waals surface area (Å²) in [6, 6.07) is 0. The molecule has 0 radical (unpaired) electrons. The van der Waals surface area contributed by atoms with Crippen molar-refractivity contribution in [3.05, 3.63) is 12.3 Å². The van der Waals surface area contributed by atoms with Gasteiger partial charge in [-0.25, -0.2) is 0 Å². The Kier molecular flexibility index (Phi) is 11.2. The van der Waals surface area contributed by atoms with Crippen LogP contribution in [0.15, 0.2) is 12.3 Å². The Morgan fingerprint density at radius 1 is 1.00 bits per heavy atom. The lowest BCUT2D eigenvalue weighted by atomic mass is 10.3. The average molecular weight is 213 g/mol. The van der Waals surface area contributed by atoms with Gasteiger partial charge in [-0.1, -0.05) is 26.8 Å². The number of ether oxygens (including phenoxy) is 1. The molecule has 0 atom stereocenters. The molecule has 2 nitrogen and oxygen atoms in total. The van der Waals surface area contributed by atoms with E-state index in [2.05, 4.69) is 31.7 Å². The molecule has 0 amide bonds. The lowest BCUT2D eigenvalue weighted by Crippen LogP contribution is -2.27. The van der Waals surface area contributed by atoms with Crippen molar-refractivity contribution < 1.29 is 4.74 Å². The van der Waals surface area contributed by atoms with E-state index in [0.717, 1.165) is 19.4 Å². The van der Waals surface area contributed by atoms with Crippen molar-refractivity contribution in [2.24, 2.45) is 0 Å². The molecule has 0 bridgehead atoms. The molecule has 0 unspecified atom stereocenters. The minimum absolute atomic E-state index is 0.848. The number of hydrogen-bond acceptors (Lipinski definition) is 2. The van der Waals surface area contributed by atoms with Crippen LogP contribution in [0.5, 0.6) is 0 Å². The van der Waals surface area contributed by atoms with Gasteiger partial charge in [0.2, 0.25) is 0 Å². The summed E-state index contributed by atoms with van der Waals surface area (Å²) in [6.45, 7) is 11.1. The fourth-order valence-corrected chi connectivity index (χ4v) is 1.57. The largest absolute Gasteiger partial charge is 0.501 e. The second kappa shape index (κ2) is 11.6. The van der Waals surface area contributed by atoms with Gasteiger partial charge in [-0.05, 0) is 38.8 Å². The first kappa shape index (κ1) is 14.5. The third kappa shape index (κ3) is 9.80. The van der Waals surface area contributed by atoms with Gasteiger partial charge in [-0.2, -0.15) is 0 Å². The summed E-state index contributed by atoms with van der Waals surface area (Å²) in [4.78, 5) is 2.52. The van der Waals surface area contributed by atoms with Gasteiger partial charge in [0, 0.05) is 6.54 Å². The van der Waals surface area contributed by atoms with Crippen LogP contribution in [0.3, 0.4) is 0 Å². The van der Waals surface area contributed by atoms with Crippen LogP contribution in [0.1, 0.15) is 46.5 Å². The molecular weight excluding hydrogens is 186 g/mol. The zero-order valence-electron chi connectivity index (χ0n) is 10.7. The number of hydrogen-bond donors (Lipinski definition) is 0. The van der Waals surface area contributed by atoms with Gasteiger partial charge in [0.15, 0.2) is 0 Å². The van der Waals surface area contributed by atoms with E-state index in [-0.39, 0.29) is 0 Å². The Morgan fingerprint density at radius 2 is 1.67 bits per heavy atom. The third-order valence-electron chi connectivity index (χ3n) is 2.24. The first-order chi connectivity index (χ1) is 7.35. The van der Waals surface area contributed by atoms with Crippen molar-refractivity contribution in [3.63, 3.8) is 0 Å². The van der Waals surface area contributed by atoms with Crippen LogP contribution in [0.2, 0.25) is 0 Å². The average Bonchev–Trinajstić information content (AvgIpc) is 2.24. The summed E-state index contributed by atoms with van der Waals surface area (Å²) < 4.78 is 5.37. The molecule has 0 saturated heterocycles. The van der Waals surface area contributed by atoms with Gasteiger partial charge in [0.1, 0.15) is 0 Å². The summed E-state index contributed by atoms with van der Waals surface area (Å²) in [5.74, 6) is 0. The van der Waals surface area contributed by atoms with Crippen LogP contribution in [0.25, 0.3) is 0 Å². The SMILES string of the molecule is CCC=COCCCN(CCC)CCC. The van der Waals surface area contributed by atoms with Crippen LogP contribution in [0, 0.1) is 0 Å². The summed E-state index contributed by atoms with van der Waals surface area (Å²) in [7, 11) is 0. The molecule has 0 aromatic rings. The third-order valence-corrected chi connectivity index (χ3v) is 2.24. The Hall–Kier alpha value is -0.500. The molecule has 0 aromatic carbocycles. The fraction of sp³-hybridized carbons (Fsp3) is 0.846. The van der Waals surface area contributed by atoms with E-state index >= 15 is 0 Å². The van der Waals surface area contributed by atoms with Gasteiger partial charge in [0.25, 0.3) is 0 Å². The van der Waals surface area contributed by atoms with Crippen molar-refractivity contribution in [1.82, 2.24) is 4.90 Å². The van der Waals surface area contributed by atoms with Crippen molar-refractivity contribution in [2.45, 2.75) is 46.5 Å². The maximum Gasteiger partial charge on any atom is 0.0885 e. The summed E-state index contributed by atoms with van der Waals surface area (Å²) in [5, 5.41) is 0. The lowest BCUT2D eigenvalue weighted by molar-refractivity contribution is 0.204. The second-order valence-electron chi connectivity index (χ2n) is 3.85. The van der Waals surface area contributed by atoms with Crippen molar-refractivity contribution >= 4 is 0 Å². The summed E-state index contributed by atoms with van der Waals surface area (Å²) in [6.07, 6.45) is 8.55. The van der Waals surface area contributed by atoms with E-state index in [9.17, 15) is 0 Å². The monoisotopic (exact) mass is 213 g/mol. The van der Waals surface area contributed by atoms with E-state index in [0.29, 0.717) is 0 Å². The Morgan fingerprint density at radius 3 is 2.20 bits per heavy atom. The zero-order chi connectivity index (χ0) is 11.4. The van der Waals surface area contributed by atoms with Crippen LogP contribution >= 0.6 is 0 Å². The topological polar surface area (TPSA) is 12.5 Å². The molecule has 15 heavy (non-hydrogen) atoms. The normalized spacial score (nSPS) is 11.5. The minimum Gasteiger partial charge on any atom is -0.501 e. The molecule has 0 N–H and O–H groups in total. The number of nitrogens with zero attached hydrogens (tertiary/aromatic N) is 1. The maximum absolute atomic E-state index is 5.37. The summed E-state index contributed by atoms with van der Waals surface area (Å²) >= 11 is 0. The predicted octanol–water partition coefficient (Wildman–Crippen LogP) is 3.44. The van der Waals surface area contributed by atoms with Gasteiger partial charge in [-0.3, -0.25) is 0 Å². The second-order valence-corrected chi connectivity index (χ2v) is 3.85. The van der Waals surface area contributed by atoms with E-state index in [4.69, 9.17) is 4.74 Å². The highest BCUT2D eigenvalue weighted by molar-refractivity contribution is 4.70. The van der Waals surface area contributed by atoms with Crippen LogP contribution in [0.4, 0.5) is 0 Å². The molecule has 0 spiro atoms. The molecule has 0 fully saturated rings. The predicted molar refractivity (Wildman–Crippen MR) is 67.0 cm³/mol. The number of rotatable bonds is 10. The van der Waals surface area contributed by atoms with Crippen LogP contribution < -0.4 is 0 Å². The molecular formula is C13H27NO. The first-order valence-corrected chi connectivity index (χ1v) is 6.34. The Bertz CT molecular complexity index is 139. The molecule has 0 saturated carbocycles. The van der Waals surface area contributed by atoms with E-state index in [1.807, 2.05) is 6.26 Å². The Labute approximate surface area is 95.3 Å². The van der Waals surface area contributed by atoms with Gasteiger partial charge < -0.3 is 9.64 Å². The smallest absolute Gasteiger partial charge is 0.0885 e. The van der Waals surface area contributed by atoms with Gasteiger partial charge in [0.05, 0.1) is 12.9 Å². The van der Waals surface area contributed by atoms with E-state index < -0.39 is 0 Å². The molecule has 0 aliphatic carbocycles. The highest BCUT2D eigenvalue weighted by Gasteiger charge is 2.00.